The molecule has 7 nitrogen and oxygen atoms in total. The largest absolute Gasteiger partial charge is 0.466 e. The minimum atomic E-state index is -0.119. The third kappa shape index (κ3) is 4.52. The number of esters is 1. The molecular formula is C21H28N4O3. The highest BCUT2D eigenvalue weighted by Crippen LogP contribution is 2.33. The Labute approximate surface area is 165 Å². The molecule has 0 atom stereocenters. The van der Waals surface area contributed by atoms with Crippen molar-refractivity contribution in [3.05, 3.63) is 36.2 Å². The normalized spacial score (nSPS) is 14.9. The molecule has 0 spiro atoms. The van der Waals surface area contributed by atoms with Crippen LogP contribution in [0.1, 0.15) is 45.1 Å². The third-order valence-electron chi connectivity index (χ3n) is 5.00. The molecule has 28 heavy (non-hydrogen) atoms. The van der Waals surface area contributed by atoms with Gasteiger partial charge in [0.05, 0.1) is 12.5 Å². The van der Waals surface area contributed by atoms with E-state index in [1.54, 1.807) is 0 Å². The first-order valence-electron chi connectivity index (χ1n) is 9.79. The first kappa shape index (κ1) is 19.9. The summed E-state index contributed by atoms with van der Waals surface area (Å²) in [6.45, 7) is 7.91. The van der Waals surface area contributed by atoms with E-state index in [4.69, 9.17) is 15.2 Å². The molecule has 0 unspecified atom stereocenters. The van der Waals surface area contributed by atoms with E-state index in [2.05, 4.69) is 28.7 Å². The SMILES string of the molecule is CCOC(=O)C1CCN(c2ncnc(Oc3ccc(C(C)C)cc3)c2N)CC1. The lowest BCUT2D eigenvalue weighted by molar-refractivity contribution is -0.148. The lowest BCUT2D eigenvalue weighted by atomic mass is 9.97. The maximum Gasteiger partial charge on any atom is 0.309 e. The zero-order valence-corrected chi connectivity index (χ0v) is 16.7. The predicted octanol–water partition coefficient (Wildman–Crippen LogP) is 3.75. The number of nitrogens with zero attached hydrogens (tertiary/aromatic N) is 3. The van der Waals surface area contributed by atoms with E-state index in [0.717, 1.165) is 12.8 Å². The monoisotopic (exact) mass is 384 g/mol. The highest BCUT2D eigenvalue weighted by molar-refractivity contribution is 5.73. The van der Waals surface area contributed by atoms with Gasteiger partial charge in [-0.15, -0.1) is 0 Å². The maximum absolute atomic E-state index is 11.9. The van der Waals surface area contributed by atoms with Crippen molar-refractivity contribution in [2.45, 2.75) is 39.5 Å². The second kappa shape index (κ2) is 8.91. The van der Waals surface area contributed by atoms with Gasteiger partial charge in [-0.2, -0.15) is 4.98 Å². The van der Waals surface area contributed by atoms with Crippen LogP contribution in [0.25, 0.3) is 0 Å². The molecule has 0 amide bonds. The van der Waals surface area contributed by atoms with Crippen molar-refractivity contribution in [2.24, 2.45) is 5.92 Å². The average Bonchev–Trinajstić information content (AvgIpc) is 2.70. The van der Waals surface area contributed by atoms with Crippen LogP contribution in [0.5, 0.6) is 11.6 Å². The Morgan fingerprint density at radius 2 is 1.89 bits per heavy atom. The summed E-state index contributed by atoms with van der Waals surface area (Å²) in [7, 11) is 0. The number of hydrogen-bond donors (Lipinski definition) is 1. The molecule has 1 saturated heterocycles. The smallest absolute Gasteiger partial charge is 0.309 e. The number of carbonyl (C=O) groups excluding carboxylic acids is 1. The van der Waals surface area contributed by atoms with E-state index in [-0.39, 0.29) is 11.9 Å². The van der Waals surface area contributed by atoms with Crippen molar-refractivity contribution < 1.29 is 14.3 Å². The van der Waals surface area contributed by atoms with Gasteiger partial charge in [-0.3, -0.25) is 4.79 Å². The van der Waals surface area contributed by atoms with E-state index in [0.29, 0.717) is 48.7 Å². The molecule has 2 heterocycles. The Hall–Kier alpha value is -2.83. The number of anilines is 2. The van der Waals surface area contributed by atoms with Crippen LogP contribution in [-0.2, 0) is 9.53 Å². The summed E-state index contributed by atoms with van der Waals surface area (Å²) in [6, 6.07) is 7.92. The minimum absolute atomic E-state index is 0.0607. The van der Waals surface area contributed by atoms with Crippen LogP contribution in [0.3, 0.4) is 0 Å². The molecule has 2 N–H and O–H groups in total. The van der Waals surface area contributed by atoms with E-state index >= 15 is 0 Å². The second-order valence-corrected chi connectivity index (χ2v) is 7.26. The average molecular weight is 384 g/mol. The number of aromatic nitrogens is 2. The van der Waals surface area contributed by atoms with Crippen molar-refractivity contribution in [1.82, 2.24) is 9.97 Å². The van der Waals surface area contributed by atoms with Crippen LogP contribution >= 0.6 is 0 Å². The summed E-state index contributed by atoms with van der Waals surface area (Å²) < 4.78 is 11.0. The number of carbonyl (C=O) groups is 1. The van der Waals surface area contributed by atoms with Crippen LogP contribution in [-0.4, -0.2) is 35.6 Å². The Morgan fingerprint density at radius 1 is 1.21 bits per heavy atom. The number of piperidine rings is 1. The number of benzene rings is 1. The Balaban J connectivity index is 1.69. The fraction of sp³-hybridized carbons (Fsp3) is 0.476. The van der Waals surface area contributed by atoms with Crippen molar-refractivity contribution in [2.75, 3.05) is 30.3 Å². The molecule has 1 aromatic carbocycles. The van der Waals surface area contributed by atoms with Crippen LogP contribution in [0, 0.1) is 5.92 Å². The molecule has 0 aliphatic carbocycles. The van der Waals surface area contributed by atoms with Gasteiger partial charge in [0, 0.05) is 13.1 Å². The van der Waals surface area contributed by atoms with Crippen molar-refractivity contribution >= 4 is 17.5 Å². The molecular weight excluding hydrogens is 356 g/mol. The van der Waals surface area contributed by atoms with Crippen molar-refractivity contribution in [3.63, 3.8) is 0 Å². The standard InChI is InChI=1S/C21H28N4O3/c1-4-27-21(26)16-9-11-25(12-10-16)19-18(22)20(24-13-23-19)28-17-7-5-15(6-8-17)14(2)3/h5-8,13-14,16H,4,9-12,22H2,1-3H3. The lowest BCUT2D eigenvalue weighted by Gasteiger charge is -2.32. The van der Waals surface area contributed by atoms with Gasteiger partial charge in [-0.1, -0.05) is 26.0 Å². The number of rotatable bonds is 6. The van der Waals surface area contributed by atoms with Gasteiger partial charge in [0.15, 0.2) is 5.82 Å². The number of hydrogen-bond acceptors (Lipinski definition) is 7. The van der Waals surface area contributed by atoms with E-state index < -0.39 is 0 Å². The van der Waals surface area contributed by atoms with Crippen molar-refractivity contribution in [1.29, 1.82) is 0 Å². The molecule has 1 aliphatic heterocycles. The fourth-order valence-corrected chi connectivity index (χ4v) is 3.32. The van der Waals surface area contributed by atoms with Crippen LogP contribution in [0.2, 0.25) is 0 Å². The molecule has 2 aromatic rings. The minimum Gasteiger partial charge on any atom is -0.466 e. The van der Waals surface area contributed by atoms with Crippen molar-refractivity contribution in [3.8, 4) is 11.6 Å². The quantitative estimate of drug-likeness (QED) is 0.758. The van der Waals surface area contributed by atoms with Crippen LogP contribution < -0.4 is 15.4 Å². The summed E-state index contributed by atoms with van der Waals surface area (Å²) in [5, 5.41) is 0. The Morgan fingerprint density at radius 3 is 2.50 bits per heavy atom. The zero-order chi connectivity index (χ0) is 20.1. The van der Waals surface area contributed by atoms with E-state index in [1.165, 1.54) is 11.9 Å². The Bertz CT molecular complexity index is 800. The molecule has 1 fully saturated rings. The van der Waals surface area contributed by atoms with Gasteiger partial charge in [-0.25, -0.2) is 4.98 Å². The fourth-order valence-electron chi connectivity index (χ4n) is 3.32. The number of nitrogen functional groups attached to an aromatic ring is 1. The molecule has 0 radical (unpaired) electrons. The molecule has 7 heteroatoms. The summed E-state index contributed by atoms with van der Waals surface area (Å²) in [5.74, 6) is 1.95. The van der Waals surface area contributed by atoms with Crippen LogP contribution in [0.15, 0.2) is 30.6 Å². The number of nitrogens with two attached hydrogens (primary N) is 1. The highest BCUT2D eigenvalue weighted by atomic mass is 16.5. The molecule has 0 bridgehead atoms. The first-order valence-corrected chi connectivity index (χ1v) is 9.79. The van der Waals surface area contributed by atoms with E-state index in [9.17, 15) is 4.79 Å². The number of ether oxygens (including phenoxy) is 2. The first-order chi connectivity index (χ1) is 13.5. The summed E-state index contributed by atoms with van der Waals surface area (Å²) in [5.41, 5.74) is 7.95. The summed E-state index contributed by atoms with van der Waals surface area (Å²) >= 11 is 0. The van der Waals surface area contributed by atoms with Crippen LogP contribution in [0.4, 0.5) is 11.5 Å². The third-order valence-corrected chi connectivity index (χ3v) is 5.00. The van der Waals surface area contributed by atoms with Gasteiger partial charge in [-0.05, 0) is 43.4 Å². The summed E-state index contributed by atoms with van der Waals surface area (Å²) in [6.07, 6.45) is 2.89. The summed E-state index contributed by atoms with van der Waals surface area (Å²) in [4.78, 5) is 22.5. The van der Waals surface area contributed by atoms with Gasteiger partial charge in [0.1, 0.15) is 17.8 Å². The molecule has 3 rings (SSSR count). The van der Waals surface area contributed by atoms with Gasteiger partial charge < -0.3 is 20.1 Å². The van der Waals surface area contributed by atoms with Gasteiger partial charge in [0.25, 0.3) is 0 Å². The highest BCUT2D eigenvalue weighted by Gasteiger charge is 2.28. The zero-order valence-electron chi connectivity index (χ0n) is 16.7. The molecule has 150 valence electrons. The lowest BCUT2D eigenvalue weighted by Crippen LogP contribution is -2.37. The molecule has 1 aliphatic rings. The predicted molar refractivity (Wildman–Crippen MR) is 109 cm³/mol. The maximum atomic E-state index is 11.9. The van der Waals surface area contributed by atoms with Gasteiger partial charge >= 0.3 is 5.97 Å². The Kier molecular flexibility index (Phi) is 6.34. The second-order valence-electron chi connectivity index (χ2n) is 7.26. The topological polar surface area (TPSA) is 90.6 Å². The van der Waals surface area contributed by atoms with E-state index in [1.807, 2.05) is 31.2 Å². The molecule has 1 aromatic heterocycles. The van der Waals surface area contributed by atoms with Gasteiger partial charge in [0.2, 0.25) is 5.88 Å². The molecule has 0 saturated carbocycles.